The van der Waals surface area contributed by atoms with Gasteiger partial charge in [0, 0.05) is 23.9 Å². The number of para-hydroxylation sites is 1. The topological polar surface area (TPSA) is 114 Å². The summed E-state index contributed by atoms with van der Waals surface area (Å²) in [5.41, 5.74) is 3.07. The highest BCUT2D eigenvalue weighted by molar-refractivity contribution is 6.05. The molecule has 9 heteroatoms. The van der Waals surface area contributed by atoms with Gasteiger partial charge in [-0.1, -0.05) is 43.5 Å². The van der Waals surface area contributed by atoms with Crippen molar-refractivity contribution in [2.24, 2.45) is 0 Å². The van der Waals surface area contributed by atoms with E-state index in [2.05, 4.69) is 42.7 Å². The molecule has 4 aromatic rings. The average molecular weight is 524 g/mol. The van der Waals surface area contributed by atoms with Crippen molar-refractivity contribution in [3.8, 4) is 5.69 Å². The van der Waals surface area contributed by atoms with Crippen molar-refractivity contribution in [1.82, 2.24) is 25.1 Å². The number of nitrogens with zero attached hydrogens (tertiary/aromatic N) is 4. The standard InChI is InChI=1S/C30H33N7O2/c1-31-29-32-18-22(19-33-29)34-28(39)30(15-8-16-30)35-27(38)21-13-14-24-25(17-21)36-37(23-11-6-3-7-12-23)26(24)20-9-4-2-5-10-20/h3,6-7,11-14,17-20H,2,4-5,8-10,15-16H2,1H3,(H,34,39)(H,35,38)(H,31,32,33). The van der Waals surface area contributed by atoms with Gasteiger partial charge in [-0.25, -0.2) is 14.6 Å². The Kier molecular flexibility index (Phi) is 6.72. The Hall–Kier alpha value is -4.27. The number of hydrogen-bond acceptors (Lipinski definition) is 6. The lowest BCUT2D eigenvalue weighted by Gasteiger charge is -2.40. The number of rotatable bonds is 7. The van der Waals surface area contributed by atoms with Gasteiger partial charge in [0.15, 0.2) is 0 Å². The van der Waals surface area contributed by atoms with E-state index < -0.39 is 5.54 Å². The lowest BCUT2D eigenvalue weighted by atomic mass is 9.75. The number of benzene rings is 2. The van der Waals surface area contributed by atoms with E-state index in [0.717, 1.165) is 35.9 Å². The minimum atomic E-state index is -0.954. The van der Waals surface area contributed by atoms with Crippen LogP contribution in [0.4, 0.5) is 11.6 Å². The predicted octanol–water partition coefficient (Wildman–Crippen LogP) is 5.20. The summed E-state index contributed by atoms with van der Waals surface area (Å²) >= 11 is 0. The van der Waals surface area contributed by atoms with E-state index in [1.807, 2.05) is 36.4 Å². The summed E-state index contributed by atoms with van der Waals surface area (Å²) in [6.07, 6.45) is 11.2. The van der Waals surface area contributed by atoms with Gasteiger partial charge in [0.05, 0.1) is 35.0 Å². The molecule has 200 valence electrons. The van der Waals surface area contributed by atoms with Crippen molar-refractivity contribution in [3.05, 3.63) is 72.2 Å². The number of fused-ring (bicyclic) bond motifs is 1. The van der Waals surface area contributed by atoms with Crippen molar-refractivity contribution in [2.75, 3.05) is 17.7 Å². The van der Waals surface area contributed by atoms with E-state index in [1.165, 1.54) is 25.0 Å². The molecule has 0 aliphatic heterocycles. The zero-order valence-corrected chi connectivity index (χ0v) is 22.1. The maximum Gasteiger partial charge on any atom is 0.252 e. The number of anilines is 2. The van der Waals surface area contributed by atoms with Gasteiger partial charge in [-0.15, -0.1) is 0 Å². The fourth-order valence-electron chi connectivity index (χ4n) is 5.78. The van der Waals surface area contributed by atoms with Crippen LogP contribution in [0.15, 0.2) is 60.9 Å². The molecule has 0 radical (unpaired) electrons. The van der Waals surface area contributed by atoms with E-state index in [-0.39, 0.29) is 11.8 Å². The summed E-state index contributed by atoms with van der Waals surface area (Å²) < 4.78 is 2.06. The number of carbonyl (C=O) groups excluding carboxylic acids is 2. The van der Waals surface area contributed by atoms with E-state index in [1.54, 1.807) is 19.4 Å². The van der Waals surface area contributed by atoms with Crippen LogP contribution in [0.3, 0.4) is 0 Å². The van der Waals surface area contributed by atoms with Crippen LogP contribution in [-0.4, -0.2) is 44.1 Å². The molecular formula is C30H33N7O2. The molecule has 0 atom stereocenters. The van der Waals surface area contributed by atoms with Crippen LogP contribution in [0.1, 0.15) is 73.3 Å². The molecular weight excluding hydrogens is 490 g/mol. The average Bonchev–Trinajstić information content (AvgIpc) is 3.35. The largest absolute Gasteiger partial charge is 0.357 e. The first-order valence-corrected chi connectivity index (χ1v) is 13.8. The molecule has 2 aromatic carbocycles. The number of carbonyl (C=O) groups is 2. The fourth-order valence-corrected chi connectivity index (χ4v) is 5.78. The summed E-state index contributed by atoms with van der Waals surface area (Å²) in [5, 5.41) is 14.8. The molecule has 6 rings (SSSR count). The van der Waals surface area contributed by atoms with E-state index in [4.69, 9.17) is 5.10 Å². The summed E-state index contributed by atoms with van der Waals surface area (Å²) in [6.45, 7) is 0. The molecule has 2 aromatic heterocycles. The zero-order valence-electron chi connectivity index (χ0n) is 22.1. The summed E-state index contributed by atoms with van der Waals surface area (Å²) in [4.78, 5) is 34.9. The molecule has 0 spiro atoms. The first kappa shape index (κ1) is 25.0. The third-order valence-electron chi connectivity index (χ3n) is 8.09. The normalized spacial score (nSPS) is 16.8. The summed E-state index contributed by atoms with van der Waals surface area (Å²) in [6, 6.07) is 15.9. The second kappa shape index (κ2) is 10.5. The maximum atomic E-state index is 13.4. The van der Waals surface area contributed by atoms with Gasteiger partial charge >= 0.3 is 0 Å². The molecule has 2 saturated carbocycles. The molecule has 0 saturated heterocycles. The molecule has 2 heterocycles. The smallest absolute Gasteiger partial charge is 0.252 e. The highest BCUT2D eigenvalue weighted by atomic mass is 16.2. The first-order chi connectivity index (χ1) is 19.1. The molecule has 2 fully saturated rings. The Morgan fingerprint density at radius 1 is 0.949 bits per heavy atom. The third kappa shape index (κ3) is 4.84. The zero-order chi connectivity index (χ0) is 26.8. The van der Waals surface area contributed by atoms with Crippen molar-refractivity contribution in [1.29, 1.82) is 0 Å². The fraction of sp³-hybridized carbons (Fsp3) is 0.367. The minimum Gasteiger partial charge on any atom is -0.357 e. The molecule has 0 bridgehead atoms. The van der Waals surface area contributed by atoms with Gasteiger partial charge in [0.2, 0.25) is 11.9 Å². The lowest BCUT2D eigenvalue weighted by Crippen LogP contribution is -2.61. The highest BCUT2D eigenvalue weighted by Gasteiger charge is 2.45. The van der Waals surface area contributed by atoms with Gasteiger partial charge in [-0.2, -0.15) is 5.10 Å². The maximum absolute atomic E-state index is 13.4. The molecule has 39 heavy (non-hydrogen) atoms. The van der Waals surface area contributed by atoms with E-state index in [9.17, 15) is 9.59 Å². The monoisotopic (exact) mass is 523 g/mol. The SMILES string of the molecule is CNc1ncc(NC(=O)C2(NC(=O)c3ccc4c(C5CCCCC5)n(-c5ccccc5)nc4c3)CCC2)cn1. The molecule has 0 unspecified atom stereocenters. The number of nitrogens with one attached hydrogen (secondary N) is 3. The Balaban J connectivity index is 1.27. The Morgan fingerprint density at radius 3 is 2.36 bits per heavy atom. The van der Waals surface area contributed by atoms with Crippen molar-refractivity contribution in [3.63, 3.8) is 0 Å². The second-order valence-corrected chi connectivity index (χ2v) is 10.6. The first-order valence-electron chi connectivity index (χ1n) is 13.8. The van der Waals surface area contributed by atoms with Crippen LogP contribution in [-0.2, 0) is 4.79 Å². The quantitative estimate of drug-likeness (QED) is 0.307. The number of hydrogen-bond donors (Lipinski definition) is 3. The Morgan fingerprint density at radius 2 is 1.69 bits per heavy atom. The van der Waals surface area contributed by atoms with Gasteiger partial charge in [-0.05, 0) is 56.4 Å². The summed E-state index contributed by atoms with van der Waals surface area (Å²) in [5.74, 6) is 0.382. The molecule has 9 nitrogen and oxygen atoms in total. The molecule has 2 aliphatic rings. The van der Waals surface area contributed by atoms with Crippen molar-refractivity contribution >= 4 is 34.4 Å². The van der Waals surface area contributed by atoms with Crippen LogP contribution in [0.2, 0.25) is 0 Å². The third-order valence-corrected chi connectivity index (χ3v) is 8.09. The van der Waals surface area contributed by atoms with Crippen molar-refractivity contribution < 1.29 is 9.59 Å². The summed E-state index contributed by atoms with van der Waals surface area (Å²) in [7, 11) is 1.73. The molecule has 3 N–H and O–H groups in total. The van der Waals surface area contributed by atoms with Gasteiger partial charge in [0.1, 0.15) is 5.54 Å². The highest BCUT2D eigenvalue weighted by Crippen LogP contribution is 2.38. The Bertz CT molecular complexity index is 1490. The number of amides is 2. The van der Waals surface area contributed by atoms with Crippen LogP contribution in [0.5, 0.6) is 0 Å². The Labute approximate surface area is 227 Å². The molecule has 2 amide bonds. The van der Waals surface area contributed by atoms with Gasteiger partial charge in [0.25, 0.3) is 5.91 Å². The van der Waals surface area contributed by atoms with Crippen LogP contribution >= 0.6 is 0 Å². The predicted molar refractivity (Wildman–Crippen MR) is 151 cm³/mol. The number of aromatic nitrogens is 4. The molecule has 2 aliphatic carbocycles. The van der Waals surface area contributed by atoms with Crippen LogP contribution < -0.4 is 16.0 Å². The van der Waals surface area contributed by atoms with Crippen molar-refractivity contribution in [2.45, 2.75) is 62.8 Å². The minimum absolute atomic E-state index is 0.253. The van der Waals surface area contributed by atoms with Gasteiger partial charge < -0.3 is 16.0 Å². The van der Waals surface area contributed by atoms with E-state index in [0.29, 0.717) is 36.0 Å². The van der Waals surface area contributed by atoms with Crippen LogP contribution in [0, 0.1) is 0 Å². The van der Waals surface area contributed by atoms with Gasteiger partial charge in [-0.3, -0.25) is 9.59 Å². The lowest BCUT2D eigenvalue weighted by molar-refractivity contribution is -0.125. The van der Waals surface area contributed by atoms with Crippen LogP contribution in [0.25, 0.3) is 16.6 Å². The second-order valence-electron chi connectivity index (χ2n) is 10.6. The van der Waals surface area contributed by atoms with E-state index >= 15 is 0 Å².